The molecule has 5 heteroatoms. The normalized spacial score (nSPS) is 11.2. The monoisotopic (exact) mass is 240 g/mol. The van der Waals surface area contributed by atoms with Crippen LogP contribution in [0, 0.1) is 0 Å². The van der Waals surface area contributed by atoms with Crippen molar-refractivity contribution < 1.29 is 19.8 Å². The smallest absolute Gasteiger partial charge is 0.332 e. The molecular weight excluding hydrogens is 232 g/mol. The van der Waals surface area contributed by atoms with Crippen LogP contribution in [0.15, 0.2) is 29.8 Å². The van der Waals surface area contributed by atoms with Crippen molar-refractivity contribution in [3.63, 3.8) is 0 Å². The number of hydrogen-bond donors (Lipinski definition) is 2. The fraction of sp³-hybridized carbons (Fsp3) is 0.0909. The van der Waals surface area contributed by atoms with E-state index in [2.05, 4.69) is 0 Å². The predicted octanol–water partition coefficient (Wildman–Crippen LogP) is 2.28. The highest BCUT2D eigenvalue weighted by molar-refractivity contribution is 6.32. The van der Waals surface area contributed by atoms with Gasteiger partial charge in [0.25, 0.3) is 0 Å². The molecule has 1 rings (SSSR count). The van der Waals surface area contributed by atoms with Crippen LogP contribution in [0.2, 0.25) is 5.02 Å². The van der Waals surface area contributed by atoms with Crippen LogP contribution in [0.25, 0.3) is 6.08 Å². The topological polar surface area (TPSA) is 74.6 Å². The maximum atomic E-state index is 10.8. The number of hydrogen-bond acceptors (Lipinski definition) is 2. The second-order valence-corrected chi connectivity index (χ2v) is 3.47. The van der Waals surface area contributed by atoms with E-state index >= 15 is 0 Å². The third-order valence-corrected chi connectivity index (χ3v) is 2.20. The number of rotatable bonds is 4. The summed E-state index contributed by atoms with van der Waals surface area (Å²) in [4.78, 5) is 21.2. The molecule has 16 heavy (non-hydrogen) atoms. The molecule has 0 fully saturated rings. The highest BCUT2D eigenvalue weighted by Crippen LogP contribution is 2.19. The Morgan fingerprint density at radius 1 is 1.25 bits per heavy atom. The second kappa shape index (κ2) is 5.32. The number of benzene rings is 1. The highest BCUT2D eigenvalue weighted by atomic mass is 35.5. The average molecular weight is 241 g/mol. The number of carbonyl (C=O) groups is 2. The fourth-order valence-corrected chi connectivity index (χ4v) is 1.32. The summed E-state index contributed by atoms with van der Waals surface area (Å²) in [6.45, 7) is 0. The van der Waals surface area contributed by atoms with Gasteiger partial charge in [-0.1, -0.05) is 29.8 Å². The third kappa shape index (κ3) is 3.40. The van der Waals surface area contributed by atoms with E-state index < -0.39 is 18.4 Å². The molecule has 0 saturated heterocycles. The van der Waals surface area contributed by atoms with E-state index in [-0.39, 0.29) is 5.57 Å². The van der Waals surface area contributed by atoms with Crippen LogP contribution in [0.5, 0.6) is 0 Å². The van der Waals surface area contributed by atoms with Crippen molar-refractivity contribution in [2.24, 2.45) is 0 Å². The van der Waals surface area contributed by atoms with Crippen molar-refractivity contribution >= 4 is 29.6 Å². The Morgan fingerprint density at radius 2 is 1.88 bits per heavy atom. The molecule has 0 spiro atoms. The minimum atomic E-state index is -1.26. The lowest BCUT2D eigenvalue weighted by Gasteiger charge is -2.01. The third-order valence-electron chi connectivity index (χ3n) is 1.85. The van der Waals surface area contributed by atoms with E-state index in [1.165, 1.54) is 6.08 Å². The molecule has 0 aliphatic rings. The van der Waals surface area contributed by atoms with Gasteiger partial charge in [-0.15, -0.1) is 0 Å². The van der Waals surface area contributed by atoms with Gasteiger partial charge in [-0.05, 0) is 17.7 Å². The molecule has 0 amide bonds. The van der Waals surface area contributed by atoms with Gasteiger partial charge < -0.3 is 10.2 Å². The maximum Gasteiger partial charge on any atom is 0.332 e. The minimum Gasteiger partial charge on any atom is -0.481 e. The molecule has 84 valence electrons. The van der Waals surface area contributed by atoms with Gasteiger partial charge in [-0.25, -0.2) is 4.79 Å². The Kier molecular flexibility index (Phi) is 4.08. The first-order valence-electron chi connectivity index (χ1n) is 4.41. The Labute approximate surface area is 96.8 Å². The van der Waals surface area contributed by atoms with Gasteiger partial charge in [0.15, 0.2) is 0 Å². The first-order valence-corrected chi connectivity index (χ1v) is 4.78. The molecule has 0 aromatic heterocycles. The molecule has 0 unspecified atom stereocenters. The van der Waals surface area contributed by atoms with Crippen LogP contribution in [0.3, 0.4) is 0 Å². The Hall–Kier alpha value is -1.81. The SMILES string of the molecule is O=C(O)CC(=Cc1ccccc1Cl)C(=O)O. The van der Waals surface area contributed by atoms with Crippen molar-refractivity contribution in [2.45, 2.75) is 6.42 Å². The summed E-state index contributed by atoms with van der Waals surface area (Å²) in [5.41, 5.74) is 0.281. The van der Waals surface area contributed by atoms with Crippen LogP contribution < -0.4 is 0 Å². The van der Waals surface area contributed by atoms with Crippen molar-refractivity contribution in [3.8, 4) is 0 Å². The molecule has 0 heterocycles. The van der Waals surface area contributed by atoms with Gasteiger partial charge in [-0.2, -0.15) is 0 Å². The fourth-order valence-electron chi connectivity index (χ4n) is 1.13. The summed E-state index contributed by atoms with van der Waals surface area (Å²) in [6.07, 6.45) is 0.722. The second-order valence-electron chi connectivity index (χ2n) is 3.07. The van der Waals surface area contributed by atoms with Gasteiger partial charge in [0.1, 0.15) is 0 Å². The molecule has 0 bridgehead atoms. The molecule has 4 nitrogen and oxygen atoms in total. The highest BCUT2D eigenvalue weighted by Gasteiger charge is 2.12. The zero-order chi connectivity index (χ0) is 12.1. The van der Waals surface area contributed by atoms with E-state index in [1.807, 2.05) is 0 Å². The van der Waals surface area contributed by atoms with Gasteiger partial charge in [0, 0.05) is 10.6 Å². The molecule has 0 saturated carbocycles. The quantitative estimate of drug-likeness (QED) is 0.792. The maximum absolute atomic E-state index is 10.8. The summed E-state index contributed by atoms with van der Waals surface area (Å²) in [5, 5.41) is 17.7. The number of carboxylic acids is 2. The summed E-state index contributed by atoms with van der Waals surface area (Å²) in [7, 11) is 0. The first kappa shape index (κ1) is 12.3. The predicted molar refractivity (Wildman–Crippen MR) is 59.3 cm³/mol. The minimum absolute atomic E-state index is 0.208. The number of carboxylic acid groups (broad SMARTS) is 2. The van der Waals surface area contributed by atoms with E-state index in [4.69, 9.17) is 21.8 Å². The van der Waals surface area contributed by atoms with E-state index in [0.717, 1.165) is 0 Å². The Bertz CT molecular complexity index is 451. The van der Waals surface area contributed by atoms with Crippen LogP contribution in [0.1, 0.15) is 12.0 Å². The van der Waals surface area contributed by atoms with Gasteiger partial charge in [0.05, 0.1) is 6.42 Å². The molecule has 1 aromatic rings. The Morgan fingerprint density at radius 3 is 2.38 bits per heavy atom. The lowest BCUT2D eigenvalue weighted by atomic mass is 10.1. The van der Waals surface area contributed by atoms with E-state index in [0.29, 0.717) is 10.6 Å². The molecular formula is C11H9ClO4. The summed E-state index contributed by atoms with van der Waals surface area (Å²) in [6, 6.07) is 6.62. The molecule has 0 atom stereocenters. The van der Waals surface area contributed by atoms with Crippen molar-refractivity contribution in [1.82, 2.24) is 0 Å². The van der Waals surface area contributed by atoms with Gasteiger partial charge in [0.2, 0.25) is 0 Å². The lowest BCUT2D eigenvalue weighted by molar-refractivity contribution is -0.139. The summed E-state index contributed by atoms with van der Waals surface area (Å²) in [5.74, 6) is -2.46. The van der Waals surface area contributed by atoms with Gasteiger partial charge in [-0.3, -0.25) is 4.79 Å². The Balaban J connectivity index is 3.07. The van der Waals surface area contributed by atoms with Crippen LogP contribution in [-0.4, -0.2) is 22.2 Å². The van der Waals surface area contributed by atoms with Gasteiger partial charge >= 0.3 is 11.9 Å². The lowest BCUT2D eigenvalue weighted by Crippen LogP contribution is -2.06. The van der Waals surface area contributed by atoms with E-state index in [1.54, 1.807) is 24.3 Å². The van der Waals surface area contributed by atoms with Crippen molar-refractivity contribution in [2.75, 3.05) is 0 Å². The molecule has 0 radical (unpaired) electrons. The first-order chi connectivity index (χ1) is 7.50. The largest absolute Gasteiger partial charge is 0.481 e. The zero-order valence-corrected chi connectivity index (χ0v) is 8.94. The van der Waals surface area contributed by atoms with Crippen LogP contribution in [-0.2, 0) is 9.59 Å². The molecule has 1 aromatic carbocycles. The molecule has 2 N–H and O–H groups in total. The average Bonchev–Trinajstić information content (AvgIpc) is 2.19. The zero-order valence-electron chi connectivity index (χ0n) is 8.18. The van der Waals surface area contributed by atoms with Crippen molar-refractivity contribution in [3.05, 3.63) is 40.4 Å². The summed E-state index contributed by atoms with van der Waals surface area (Å²) >= 11 is 5.82. The van der Waals surface area contributed by atoms with Crippen LogP contribution in [0.4, 0.5) is 0 Å². The summed E-state index contributed by atoms with van der Waals surface area (Å²) < 4.78 is 0. The molecule has 0 aliphatic heterocycles. The number of aliphatic carboxylic acids is 2. The standard InChI is InChI=1S/C11H9ClO4/c12-9-4-2-1-3-7(9)5-8(11(15)16)6-10(13)14/h1-5H,6H2,(H,13,14)(H,15,16). The number of halogens is 1. The van der Waals surface area contributed by atoms with Crippen molar-refractivity contribution in [1.29, 1.82) is 0 Å². The van der Waals surface area contributed by atoms with E-state index in [9.17, 15) is 9.59 Å². The van der Waals surface area contributed by atoms with Crippen LogP contribution >= 0.6 is 11.6 Å². The molecule has 0 aliphatic carbocycles.